The Morgan fingerprint density at radius 2 is 1.61 bits per heavy atom. The van der Waals surface area contributed by atoms with Crippen LogP contribution in [0.15, 0.2) is 48.6 Å². The van der Waals surface area contributed by atoms with E-state index in [0.29, 0.717) is 23.9 Å². The Bertz CT molecular complexity index is 797. The van der Waals surface area contributed by atoms with E-state index < -0.39 is 17.8 Å². The van der Waals surface area contributed by atoms with Crippen molar-refractivity contribution in [2.75, 3.05) is 5.32 Å². The lowest BCUT2D eigenvalue weighted by Gasteiger charge is -2.24. The monoisotopic (exact) mass is 311 g/mol. The van der Waals surface area contributed by atoms with E-state index in [1.807, 2.05) is 6.08 Å². The van der Waals surface area contributed by atoms with Gasteiger partial charge in [-0.15, -0.1) is 0 Å². The lowest BCUT2D eigenvalue weighted by atomic mass is 9.82. The molecule has 0 spiro atoms. The maximum Gasteiger partial charge on any atom is 0.307 e. The molecule has 3 N–H and O–H groups in total. The lowest BCUT2D eigenvalue weighted by Crippen LogP contribution is -2.34. The van der Waals surface area contributed by atoms with Crippen molar-refractivity contribution in [2.45, 2.75) is 12.8 Å². The number of carbonyl (C=O) groups excluding carboxylic acids is 1. The van der Waals surface area contributed by atoms with Crippen molar-refractivity contribution in [3.05, 3.63) is 48.6 Å². The molecule has 1 aliphatic rings. The number of carbonyl (C=O) groups is 2. The average Bonchev–Trinajstić information content (AvgIpc) is 2.56. The molecule has 0 heterocycles. The van der Waals surface area contributed by atoms with Crippen molar-refractivity contribution in [1.82, 2.24) is 0 Å². The third kappa shape index (κ3) is 2.90. The summed E-state index contributed by atoms with van der Waals surface area (Å²) in [7, 11) is 0. The maximum absolute atomic E-state index is 12.5. The van der Waals surface area contributed by atoms with Gasteiger partial charge in [-0.25, -0.2) is 0 Å². The summed E-state index contributed by atoms with van der Waals surface area (Å²) >= 11 is 0. The number of aromatic hydroxyl groups is 1. The normalized spacial score (nSPS) is 20.3. The van der Waals surface area contributed by atoms with Crippen LogP contribution in [0.1, 0.15) is 12.8 Å². The van der Waals surface area contributed by atoms with Crippen molar-refractivity contribution in [3.8, 4) is 5.75 Å². The maximum atomic E-state index is 12.5. The number of carboxylic acid groups (broad SMARTS) is 1. The molecule has 23 heavy (non-hydrogen) atoms. The molecule has 1 amide bonds. The smallest absolute Gasteiger partial charge is 0.307 e. The number of benzene rings is 2. The molecule has 0 aromatic heterocycles. The molecular formula is C18H17NO4. The van der Waals surface area contributed by atoms with Crippen LogP contribution in [0.25, 0.3) is 10.8 Å². The average molecular weight is 311 g/mol. The molecular weight excluding hydrogens is 294 g/mol. The molecule has 0 fully saturated rings. The van der Waals surface area contributed by atoms with Crippen LogP contribution >= 0.6 is 0 Å². The Morgan fingerprint density at radius 3 is 2.35 bits per heavy atom. The second-order valence-electron chi connectivity index (χ2n) is 5.66. The van der Waals surface area contributed by atoms with Gasteiger partial charge in [0.15, 0.2) is 0 Å². The van der Waals surface area contributed by atoms with Crippen molar-refractivity contribution < 1.29 is 19.8 Å². The second kappa shape index (κ2) is 6.12. The Kier molecular flexibility index (Phi) is 4.02. The fraction of sp³-hybridized carbons (Fsp3) is 0.222. The number of aliphatic carboxylic acids is 1. The molecule has 0 aliphatic heterocycles. The molecule has 2 aromatic carbocycles. The summed E-state index contributed by atoms with van der Waals surface area (Å²) in [4.78, 5) is 23.9. The summed E-state index contributed by atoms with van der Waals surface area (Å²) < 4.78 is 0. The van der Waals surface area contributed by atoms with E-state index in [2.05, 4.69) is 5.32 Å². The summed E-state index contributed by atoms with van der Waals surface area (Å²) in [5, 5.41) is 23.4. The number of hydrogen-bond acceptors (Lipinski definition) is 3. The Morgan fingerprint density at radius 1 is 0.957 bits per heavy atom. The van der Waals surface area contributed by atoms with E-state index in [-0.39, 0.29) is 11.7 Å². The summed E-state index contributed by atoms with van der Waals surface area (Å²) in [6.07, 6.45) is 4.43. The quantitative estimate of drug-likeness (QED) is 0.760. The highest BCUT2D eigenvalue weighted by atomic mass is 16.4. The molecule has 0 saturated heterocycles. The van der Waals surface area contributed by atoms with Gasteiger partial charge in [-0.3, -0.25) is 9.59 Å². The number of phenols is 1. The van der Waals surface area contributed by atoms with E-state index in [0.717, 1.165) is 5.39 Å². The number of anilines is 1. The van der Waals surface area contributed by atoms with Crippen molar-refractivity contribution in [1.29, 1.82) is 0 Å². The number of phenolic OH excluding ortho intramolecular Hbond substituents is 1. The van der Waals surface area contributed by atoms with Gasteiger partial charge in [0.2, 0.25) is 5.91 Å². The third-order valence-electron chi connectivity index (χ3n) is 4.24. The molecule has 3 rings (SSSR count). The van der Waals surface area contributed by atoms with Crippen LogP contribution in [-0.2, 0) is 9.59 Å². The van der Waals surface area contributed by atoms with Gasteiger partial charge in [-0.2, -0.15) is 0 Å². The summed E-state index contributed by atoms with van der Waals surface area (Å²) in [5.74, 6) is -2.42. The minimum Gasteiger partial charge on any atom is -0.507 e. The standard InChI is InChI=1S/C18H17NO4/c20-16-10-4-7-11-12(16)8-3-9-15(11)19-17(21)13-5-1-2-6-14(13)18(22)23/h1-4,7-10,13-14,20H,5-6H2,(H,19,21)(H,22,23)/t13-,14+/m1/s1. The number of amides is 1. The number of hydrogen-bond donors (Lipinski definition) is 3. The highest BCUT2D eigenvalue weighted by molar-refractivity contribution is 6.05. The van der Waals surface area contributed by atoms with Gasteiger partial charge < -0.3 is 15.5 Å². The van der Waals surface area contributed by atoms with E-state index in [4.69, 9.17) is 0 Å². The lowest BCUT2D eigenvalue weighted by molar-refractivity contribution is -0.146. The molecule has 2 atom stereocenters. The van der Waals surface area contributed by atoms with E-state index >= 15 is 0 Å². The van der Waals surface area contributed by atoms with Gasteiger partial charge in [0.1, 0.15) is 5.75 Å². The van der Waals surface area contributed by atoms with Crippen LogP contribution in [0.3, 0.4) is 0 Å². The minimum atomic E-state index is -0.954. The fourth-order valence-electron chi connectivity index (χ4n) is 3.00. The predicted octanol–water partition coefficient (Wildman–Crippen LogP) is 3.15. The fourth-order valence-corrected chi connectivity index (χ4v) is 3.00. The van der Waals surface area contributed by atoms with Gasteiger partial charge in [0.25, 0.3) is 0 Å². The van der Waals surface area contributed by atoms with Gasteiger partial charge in [0.05, 0.1) is 11.8 Å². The number of nitrogens with one attached hydrogen (secondary N) is 1. The van der Waals surface area contributed by atoms with E-state index in [9.17, 15) is 19.8 Å². The molecule has 0 bridgehead atoms. The number of fused-ring (bicyclic) bond motifs is 1. The molecule has 0 unspecified atom stereocenters. The Balaban J connectivity index is 1.90. The van der Waals surface area contributed by atoms with Gasteiger partial charge in [0, 0.05) is 16.5 Å². The molecule has 1 aliphatic carbocycles. The van der Waals surface area contributed by atoms with E-state index in [1.54, 1.807) is 42.5 Å². The number of carboxylic acids is 1. The van der Waals surface area contributed by atoms with Crippen LogP contribution in [0.2, 0.25) is 0 Å². The first-order valence-corrected chi connectivity index (χ1v) is 7.47. The number of allylic oxidation sites excluding steroid dienone is 2. The first-order chi connectivity index (χ1) is 11.1. The molecule has 2 aromatic rings. The molecule has 5 heteroatoms. The van der Waals surface area contributed by atoms with Crippen LogP contribution in [0, 0.1) is 11.8 Å². The van der Waals surface area contributed by atoms with Crippen LogP contribution in [0.5, 0.6) is 5.75 Å². The zero-order valence-corrected chi connectivity index (χ0v) is 12.4. The van der Waals surface area contributed by atoms with E-state index in [1.165, 1.54) is 0 Å². The number of rotatable bonds is 3. The highest BCUT2D eigenvalue weighted by Crippen LogP contribution is 2.32. The van der Waals surface area contributed by atoms with Crippen LogP contribution in [0.4, 0.5) is 5.69 Å². The molecule has 0 radical (unpaired) electrons. The Labute approximate surface area is 133 Å². The third-order valence-corrected chi connectivity index (χ3v) is 4.24. The minimum absolute atomic E-state index is 0.141. The SMILES string of the molecule is O=C(O)[C@H]1CC=CC[C@H]1C(=O)Nc1cccc2c(O)cccc12. The highest BCUT2D eigenvalue weighted by Gasteiger charge is 2.34. The van der Waals surface area contributed by atoms with Crippen molar-refractivity contribution in [2.24, 2.45) is 11.8 Å². The van der Waals surface area contributed by atoms with Gasteiger partial charge >= 0.3 is 5.97 Å². The predicted molar refractivity (Wildman–Crippen MR) is 87.2 cm³/mol. The zero-order chi connectivity index (χ0) is 16.4. The zero-order valence-electron chi connectivity index (χ0n) is 12.4. The first kappa shape index (κ1) is 15.1. The Hall–Kier alpha value is -2.82. The summed E-state index contributed by atoms with van der Waals surface area (Å²) in [5.41, 5.74) is 0.571. The van der Waals surface area contributed by atoms with Crippen molar-refractivity contribution >= 4 is 28.3 Å². The summed E-state index contributed by atoms with van der Waals surface area (Å²) in [6.45, 7) is 0. The van der Waals surface area contributed by atoms with Gasteiger partial charge in [-0.1, -0.05) is 36.4 Å². The topological polar surface area (TPSA) is 86.6 Å². The summed E-state index contributed by atoms with van der Waals surface area (Å²) in [6, 6.07) is 10.3. The first-order valence-electron chi connectivity index (χ1n) is 7.47. The van der Waals surface area contributed by atoms with Crippen LogP contribution < -0.4 is 5.32 Å². The second-order valence-corrected chi connectivity index (χ2v) is 5.66. The van der Waals surface area contributed by atoms with Crippen molar-refractivity contribution in [3.63, 3.8) is 0 Å². The van der Waals surface area contributed by atoms with Crippen LogP contribution in [-0.4, -0.2) is 22.1 Å². The molecule has 118 valence electrons. The van der Waals surface area contributed by atoms with Gasteiger partial charge in [-0.05, 0) is 25.0 Å². The molecule has 5 nitrogen and oxygen atoms in total. The molecule has 0 saturated carbocycles. The largest absolute Gasteiger partial charge is 0.507 e.